The lowest BCUT2D eigenvalue weighted by Crippen LogP contribution is -2.41. The highest BCUT2D eigenvalue weighted by Crippen LogP contribution is 2.29. The highest BCUT2D eigenvalue weighted by Gasteiger charge is 2.18. The molecule has 0 radical (unpaired) electrons. The summed E-state index contributed by atoms with van der Waals surface area (Å²) in [6, 6.07) is 4.79. The molecule has 2 atom stereocenters. The van der Waals surface area contributed by atoms with Crippen LogP contribution in [0.4, 0.5) is 0 Å². The Labute approximate surface area is 114 Å². The lowest BCUT2D eigenvalue weighted by atomic mass is 10.1. The fraction of sp³-hybridized carbons (Fsp3) is 0.500. The lowest BCUT2D eigenvalue weighted by molar-refractivity contribution is -0.123. The van der Waals surface area contributed by atoms with Crippen molar-refractivity contribution >= 4 is 5.91 Å². The van der Waals surface area contributed by atoms with Gasteiger partial charge in [-0.05, 0) is 31.5 Å². The summed E-state index contributed by atoms with van der Waals surface area (Å²) in [6.45, 7) is 3.76. The van der Waals surface area contributed by atoms with Crippen LogP contribution in [0.25, 0.3) is 0 Å². The zero-order chi connectivity index (χ0) is 14.4. The summed E-state index contributed by atoms with van der Waals surface area (Å²) >= 11 is 0. The van der Waals surface area contributed by atoms with Crippen LogP contribution < -0.4 is 20.5 Å². The third-order valence-electron chi connectivity index (χ3n) is 3.04. The van der Waals surface area contributed by atoms with E-state index >= 15 is 0 Å². The number of methoxy groups -OCH3 is 2. The molecule has 1 rings (SSSR count). The maximum Gasteiger partial charge on any atom is 0.237 e. The molecule has 5 heteroatoms. The SMILES string of the molecule is CC[C@H](N)C(=O)NC(C)c1cc(OC)ccc1OC. The smallest absolute Gasteiger partial charge is 0.237 e. The van der Waals surface area contributed by atoms with E-state index in [1.54, 1.807) is 14.2 Å². The molecule has 0 saturated heterocycles. The second kappa shape index (κ2) is 6.99. The van der Waals surface area contributed by atoms with Gasteiger partial charge in [0.25, 0.3) is 0 Å². The Morgan fingerprint density at radius 3 is 2.58 bits per heavy atom. The number of amides is 1. The summed E-state index contributed by atoms with van der Waals surface area (Å²) < 4.78 is 10.5. The van der Waals surface area contributed by atoms with Crippen molar-refractivity contribution in [2.45, 2.75) is 32.4 Å². The molecular formula is C14H22N2O3. The molecule has 1 aromatic rings. The monoisotopic (exact) mass is 266 g/mol. The molecule has 106 valence electrons. The Kier molecular flexibility index (Phi) is 5.63. The van der Waals surface area contributed by atoms with Crippen LogP contribution in [-0.4, -0.2) is 26.2 Å². The van der Waals surface area contributed by atoms with Crippen molar-refractivity contribution in [2.24, 2.45) is 5.73 Å². The molecule has 0 aliphatic rings. The van der Waals surface area contributed by atoms with Gasteiger partial charge in [0, 0.05) is 5.56 Å². The van der Waals surface area contributed by atoms with E-state index in [1.165, 1.54) is 0 Å². The summed E-state index contributed by atoms with van der Waals surface area (Å²) in [5.41, 5.74) is 6.56. The van der Waals surface area contributed by atoms with Crippen molar-refractivity contribution in [3.63, 3.8) is 0 Å². The number of hydrogen-bond acceptors (Lipinski definition) is 4. The van der Waals surface area contributed by atoms with Crippen LogP contribution in [0.1, 0.15) is 31.9 Å². The molecule has 0 fully saturated rings. The molecule has 0 aliphatic heterocycles. The third-order valence-corrected chi connectivity index (χ3v) is 3.04. The fourth-order valence-corrected chi connectivity index (χ4v) is 1.76. The molecule has 1 aromatic carbocycles. The number of nitrogens with two attached hydrogens (primary N) is 1. The Morgan fingerprint density at radius 1 is 1.37 bits per heavy atom. The minimum atomic E-state index is -0.487. The molecule has 5 nitrogen and oxygen atoms in total. The number of carbonyl (C=O) groups excluding carboxylic acids is 1. The number of carbonyl (C=O) groups is 1. The first kappa shape index (κ1) is 15.3. The van der Waals surface area contributed by atoms with Gasteiger partial charge in [0.2, 0.25) is 5.91 Å². The molecule has 0 bridgehead atoms. The normalized spacial score (nSPS) is 13.5. The first-order valence-electron chi connectivity index (χ1n) is 6.31. The number of benzene rings is 1. The van der Waals surface area contributed by atoms with Gasteiger partial charge < -0.3 is 20.5 Å². The maximum atomic E-state index is 11.8. The summed E-state index contributed by atoms with van der Waals surface area (Å²) in [6.07, 6.45) is 0.605. The first-order chi connectivity index (χ1) is 9.03. The van der Waals surface area contributed by atoms with E-state index in [-0.39, 0.29) is 11.9 Å². The molecule has 0 aromatic heterocycles. The summed E-state index contributed by atoms with van der Waals surface area (Å²) in [5.74, 6) is 1.26. The number of rotatable bonds is 6. The molecule has 0 aliphatic carbocycles. The molecule has 1 amide bonds. The van der Waals surface area contributed by atoms with Gasteiger partial charge in [-0.2, -0.15) is 0 Å². The Bertz CT molecular complexity index is 435. The maximum absolute atomic E-state index is 11.8. The Balaban J connectivity index is 2.91. The highest BCUT2D eigenvalue weighted by atomic mass is 16.5. The van der Waals surface area contributed by atoms with Gasteiger partial charge in [-0.15, -0.1) is 0 Å². The highest BCUT2D eigenvalue weighted by molar-refractivity contribution is 5.81. The minimum Gasteiger partial charge on any atom is -0.497 e. The summed E-state index contributed by atoms with van der Waals surface area (Å²) in [5, 5.41) is 2.87. The number of ether oxygens (including phenoxy) is 2. The Morgan fingerprint density at radius 2 is 2.05 bits per heavy atom. The number of hydrogen-bond donors (Lipinski definition) is 2. The van der Waals surface area contributed by atoms with Crippen LogP contribution in [0.5, 0.6) is 11.5 Å². The van der Waals surface area contributed by atoms with Crippen molar-refractivity contribution in [3.05, 3.63) is 23.8 Å². The third kappa shape index (κ3) is 3.86. The van der Waals surface area contributed by atoms with Crippen LogP contribution in [0.3, 0.4) is 0 Å². The largest absolute Gasteiger partial charge is 0.497 e. The molecular weight excluding hydrogens is 244 g/mol. The molecule has 3 N–H and O–H groups in total. The molecule has 0 saturated carbocycles. The van der Waals surface area contributed by atoms with Crippen molar-refractivity contribution in [2.75, 3.05) is 14.2 Å². The van der Waals surface area contributed by atoms with Crippen molar-refractivity contribution in [3.8, 4) is 11.5 Å². The summed E-state index contributed by atoms with van der Waals surface area (Å²) in [4.78, 5) is 11.8. The number of nitrogens with one attached hydrogen (secondary N) is 1. The molecule has 1 unspecified atom stereocenters. The van der Waals surface area contributed by atoms with Gasteiger partial charge in [-0.3, -0.25) is 4.79 Å². The van der Waals surface area contributed by atoms with E-state index in [9.17, 15) is 4.79 Å². The van der Waals surface area contributed by atoms with Gasteiger partial charge in [-0.25, -0.2) is 0 Å². The van der Waals surface area contributed by atoms with Gasteiger partial charge in [0.15, 0.2) is 0 Å². The van der Waals surface area contributed by atoms with E-state index < -0.39 is 6.04 Å². The lowest BCUT2D eigenvalue weighted by Gasteiger charge is -2.20. The topological polar surface area (TPSA) is 73.6 Å². The fourth-order valence-electron chi connectivity index (χ4n) is 1.76. The zero-order valence-electron chi connectivity index (χ0n) is 11.9. The van der Waals surface area contributed by atoms with E-state index in [0.29, 0.717) is 12.2 Å². The van der Waals surface area contributed by atoms with Gasteiger partial charge in [0.1, 0.15) is 11.5 Å². The van der Waals surface area contributed by atoms with Crippen molar-refractivity contribution in [1.29, 1.82) is 0 Å². The minimum absolute atomic E-state index is 0.167. The standard InChI is InChI=1S/C14H22N2O3/c1-5-12(15)14(17)16-9(2)11-8-10(18-3)6-7-13(11)19-4/h6-9,12H,5,15H2,1-4H3,(H,16,17)/t9?,12-/m0/s1. The molecule has 0 heterocycles. The zero-order valence-corrected chi connectivity index (χ0v) is 11.9. The van der Waals surface area contributed by atoms with Crippen LogP contribution in [-0.2, 0) is 4.79 Å². The van der Waals surface area contributed by atoms with Gasteiger partial charge in [-0.1, -0.05) is 6.92 Å². The Hall–Kier alpha value is -1.75. The first-order valence-corrected chi connectivity index (χ1v) is 6.31. The molecule has 19 heavy (non-hydrogen) atoms. The van der Waals surface area contributed by atoms with E-state index in [0.717, 1.165) is 11.3 Å². The average molecular weight is 266 g/mol. The van der Waals surface area contributed by atoms with Crippen LogP contribution >= 0.6 is 0 Å². The quantitative estimate of drug-likeness (QED) is 0.820. The van der Waals surface area contributed by atoms with Crippen LogP contribution in [0, 0.1) is 0 Å². The summed E-state index contributed by atoms with van der Waals surface area (Å²) in [7, 11) is 3.19. The van der Waals surface area contributed by atoms with E-state index in [2.05, 4.69) is 5.32 Å². The second-order valence-corrected chi connectivity index (χ2v) is 4.35. The predicted octanol–water partition coefficient (Wildman–Crippen LogP) is 1.62. The van der Waals surface area contributed by atoms with Gasteiger partial charge >= 0.3 is 0 Å². The van der Waals surface area contributed by atoms with Crippen LogP contribution in [0.15, 0.2) is 18.2 Å². The van der Waals surface area contributed by atoms with E-state index in [4.69, 9.17) is 15.2 Å². The van der Waals surface area contributed by atoms with Gasteiger partial charge in [0.05, 0.1) is 26.3 Å². The van der Waals surface area contributed by atoms with Crippen molar-refractivity contribution in [1.82, 2.24) is 5.32 Å². The van der Waals surface area contributed by atoms with Crippen LogP contribution in [0.2, 0.25) is 0 Å². The van der Waals surface area contributed by atoms with Crippen molar-refractivity contribution < 1.29 is 14.3 Å². The molecule has 0 spiro atoms. The predicted molar refractivity (Wildman–Crippen MR) is 74.4 cm³/mol. The van der Waals surface area contributed by atoms with E-state index in [1.807, 2.05) is 32.0 Å². The second-order valence-electron chi connectivity index (χ2n) is 4.35. The average Bonchev–Trinajstić information content (AvgIpc) is 2.45.